The first kappa shape index (κ1) is 15.9. The molecule has 0 saturated carbocycles. The maximum absolute atomic E-state index is 12.4. The number of rotatable bonds is 6. The molecule has 1 heterocycles. The molecule has 1 aromatic carbocycles. The highest BCUT2D eigenvalue weighted by Gasteiger charge is 2.13. The van der Waals surface area contributed by atoms with Crippen LogP contribution in [0.25, 0.3) is 0 Å². The number of ether oxygens (including phenoxy) is 2. The number of amides is 1. The number of imidazole rings is 1. The smallest absolute Gasteiger partial charge is 0.258 e. The largest absolute Gasteiger partial charge is 0.497 e. The molecule has 0 spiro atoms. The van der Waals surface area contributed by atoms with E-state index in [-0.39, 0.29) is 5.91 Å². The Hall–Kier alpha value is -2.50. The molecule has 1 aromatic heterocycles. The van der Waals surface area contributed by atoms with Crippen LogP contribution in [-0.4, -0.2) is 29.7 Å². The first-order valence-corrected chi connectivity index (χ1v) is 7.09. The van der Waals surface area contributed by atoms with Gasteiger partial charge in [-0.15, -0.1) is 0 Å². The van der Waals surface area contributed by atoms with Crippen LogP contribution in [0.2, 0.25) is 0 Å². The quantitative estimate of drug-likeness (QED) is 0.891. The van der Waals surface area contributed by atoms with Gasteiger partial charge in [-0.1, -0.05) is 13.8 Å². The molecule has 1 N–H and O–H groups in total. The van der Waals surface area contributed by atoms with E-state index in [4.69, 9.17) is 9.47 Å². The lowest BCUT2D eigenvalue weighted by atomic mass is 10.2. The maximum Gasteiger partial charge on any atom is 0.258 e. The lowest BCUT2D eigenvalue weighted by Crippen LogP contribution is -2.17. The number of benzene rings is 1. The monoisotopic (exact) mass is 303 g/mol. The minimum absolute atomic E-state index is 0.256. The number of carbonyl (C=O) groups is 1. The van der Waals surface area contributed by atoms with E-state index < -0.39 is 0 Å². The average Bonchev–Trinajstić information content (AvgIpc) is 2.92. The van der Waals surface area contributed by atoms with Crippen LogP contribution < -0.4 is 14.8 Å². The predicted octanol–water partition coefficient (Wildman–Crippen LogP) is 2.81. The van der Waals surface area contributed by atoms with Crippen LogP contribution in [0.3, 0.4) is 0 Å². The zero-order valence-electron chi connectivity index (χ0n) is 13.3. The van der Waals surface area contributed by atoms with E-state index in [1.165, 1.54) is 0 Å². The molecule has 6 nitrogen and oxygen atoms in total. The van der Waals surface area contributed by atoms with Crippen LogP contribution in [0.4, 0.5) is 5.95 Å². The lowest BCUT2D eigenvalue weighted by molar-refractivity contribution is 0.102. The molecule has 0 radical (unpaired) electrons. The standard InChI is InChI=1S/C16H21N3O3/c1-11(2)10-19-6-5-17-16(19)18-15(20)12-7-13(21-3)9-14(8-12)22-4/h5-9,11H,10H2,1-4H3,(H,17,18,20). The van der Waals surface area contributed by atoms with Crippen molar-refractivity contribution >= 4 is 11.9 Å². The van der Waals surface area contributed by atoms with Gasteiger partial charge in [0.15, 0.2) is 0 Å². The van der Waals surface area contributed by atoms with E-state index >= 15 is 0 Å². The minimum atomic E-state index is -0.256. The van der Waals surface area contributed by atoms with E-state index in [9.17, 15) is 4.79 Å². The van der Waals surface area contributed by atoms with Crippen molar-refractivity contribution in [3.05, 3.63) is 36.2 Å². The third-order valence-electron chi connectivity index (χ3n) is 3.12. The molecule has 118 valence electrons. The van der Waals surface area contributed by atoms with Gasteiger partial charge in [-0.2, -0.15) is 0 Å². The maximum atomic E-state index is 12.4. The fourth-order valence-corrected chi connectivity index (χ4v) is 2.09. The summed E-state index contributed by atoms with van der Waals surface area (Å²) < 4.78 is 12.3. The van der Waals surface area contributed by atoms with Gasteiger partial charge in [0.05, 0.1) is 14.2 Å². The molecule has 0 bridgehead atoms. The molecule has 0 aliphatic rings. The Labute approximate surface area is 130 Å². The number of nitrogens with zero attached hydrogens (tertiary/aromatic N) is 2. The molecule has 0 aliphatic carbocycles. The van der Waals surface area contributed by atoms with Crippen molar-refractivity contribution in [2.45, 2.75) is 20.4 Å². The van der Waals surface area contributed by atoms with E-state index in [2.05, 4.69) is 24.1 Å². The SMILES string of the molecule is COc1cc(OC)cc(C(=O)Nc2nccn2CC(C)C)c1. The highest BCUT2D eigenvalue weighted by molar-refractivity contribution is 6.04. The molecule has 2 rings (SSSR count). The predicted molar refractivity (Wildman–Crippen MR) is 84.6 cm³/mol. The van der Waals surface area contributed by atoms with Crippen LogP contribution in [0, 0.1) is 5.92 Å². The molecule has 0 aliphatic heterocycles. The summed E-state index contributed by atoms with van der Waals surface area (Å²) in [5.74, 6) is 1.86. The van der Waals surface area contributed by atoms with Crippen LogP contribution in [-0.2, 0) is 6.54 Å². The summed E-state index contributed by atoms with van der Waals surface area (Å²) in [7, 11) is 3.09. The lowest BCUT2D eigenvalue weighted by Gasteiger charge is -2.12. The van der Waals surface area contributed by atoms with Gasteiger partial charge in [-0.3, -0.25) is 10.1 Å². The second-order valence-electron chi connectivity index (χ2n) is 5.35. The van der Waals surface area contributed by atoms with Crippen LogP contribution in [0.5, 0.6) is 11.5 Å². The van der Waals surface area contributed by atoms with E-state index in [1.54, 1.807) is 38.6 Å². The normalized spacial score (nSPS) is 10.6. The zero-order valence-corrected chi connectivity index (χ0v) is 13.3. The van der Waals surface area contributed by atoms with Gasteiger partial charge in [0.1, 0.15) is 11.5 Å². The van der Waals surface area contributed by atoms with Crippen molar-refractivity contribution in [2.75, 3.05) is 19.5 Å². The number of aromatic nitrogens is 2. The number of hydrogen-bond donors (Lipinski definition) is 1. The van der Waals surface area contributed by atoms with Crippen molar-refractivity contribution in [3.8, 4) is 11.5 Å². The summed E-state index contributed by atoms with van der Waals surface area (Å²) >= 11 is 0. The van der Waals surface area contributed by atoms with Crippen molar-refractivity contribution < 1.29 is 14.3 Å². The van der Waals surface area contributed by atoms with E-state index in [0.717, 1.165) is 6.54 Å². The average molecular weight is 303 g/mol. The molecule has 22 heavy (non-hydrogen) atoms. The first-order valence-electron chi connectivity index (χ1n) is 7.09. The van der Waals surface area contributed by atoms with Crippen LogP contribution >= 0.6 is 0 Å². The van der Waals surface area contributed by atoms with Gasteiger partial charge in [0.2, 0.25) is 5.95 Å². The molecule has 0 saturated heterocycles. The van der Waals surface area contributed by atoms with E-state index in [1.807, 2.05) is 10.8 Å². The molecule has 0 fully saturated rings. The summed E-state index contributed by atoms with van der Waals surface area (Å²) in [5, 5.41) is 2.82. The Bertz CT molecular complexity index is 628. The highest BCUT2D eigenvalue weighted by Crippen LogP contribution is 2.23. The Kier molecular flexibility index (Phi) is 5.04. The number of nitrogens with one attached hydrogen (secondary N) is 1. The molecule has 0 atom stereocenters. The zero-order chi connectivity index (χ0) is 16.1. The fourth-order valence-electron chi connectivity index (χ4n) is 2.09. The summed E-state index contributed by atoms with van der Waals surface area (Å²) in [4.78, 5) is 16.6. The van der Waals surface area contributed by atoms with Crippen LogP contribution in [0.1, 0.15) is 24.2 Å². The molecular formula is C16H21N3O3. The Morgan fingerprint density at radius 3 is 2.41 bits per heavy atom. The van der Waals surface area contributed by atoms with Gasteiger partial charge in [0, 0.05) is 30.6 Å². The van der Waals surface area contributed by atoms with Gasteiger partial charge in [0.25, 0.3) is 5.91 Å². The van der Waals surface area contributed by atoms with Crippen molar-refractivity contribution in [3.63, 3.8) is 0 Å². The molecular weight excluding hydrogens is 282 g/mol. The Morgan fingerprint density at radius 1 is 1.23 bits per heavy atom. The van der Waals surface area contributed by atoms with Crippen molar-refractivity contribution in [1.29, 1.82) is 0 Å². The minimum Gasteiger partial charge on any atom is -0.497 e. The van der Waals surface area contributed by atoms with Crippen molar-refractivity contribution in [2.24, 2.45) is 5.92 Å². The first-order chi connectivity index (χ1) is 10.5. The second-order valence-corrected chi connectivity index (χ2v) is 5.35. The number of methoxy groups -OCH3 is 2. The van der Waals surface area contributed by atoms with Crippen molar-refractivity contribution in [1.82, 2.24) is 9.55 Å². The Morgan fingerprint density at radius 2 is 1.86 bits per heavy atom. The summed E-state index contributed by atoms with van der Waals surface area (Å²) in [6.07, 6.45) is 3.52. The van der Waals surface area contributed by atoms with Gasteiger partial charge in [-0.05, 0) is 18.1 Å². The highest BCUT2D eigenvalue weighted by atomic mass is 16.5. The number of anilines is 1. The summed E-state index contributed by atoms with van der Waals surface area (Å²) in [5.41, 5.74) is 0.454. The third kappa shape index (κ3) is 3.78. The second kappa shape index (κ2) is 6.98. The molecule has 6 heteroatoms. The third-order valence-corrected chi connectivity index (χ3v) is 3.12. The number of carbonyl (C=O) groups excluding carboxylic acids is 1. The molecule has 1 amide bonds. The Balaban J connectivity index is 2.20. The van der Waals surface area contributed by atoms with Crippen LogP contribution in [0.15, 0.2) is 30.6 Å². The summed E-state index contributed by atoms with van der Waals surface area (Å²) in [6.45, 7) is 5.01. The van der Waals surface area contributed by atoms with E-state index in [0.29, 0.717) is 28.9 Å². The van der Waals surface area contributed by atoms with Gasteiger partial charge < -0.3 is 14.0 Å². The molecule has 2 aromatic rings. The van der Waals surface area contributed by atoms with Gasteiger partial charge in [-0.25, -0.2) is 4.98 Å². The topological polar surface area (TPSA) is 65.4 Å². The fraction of sp³-hybridized carbons (Fsp3) is 0.375. The van der Waals surface area contributed by atoms with Gasteiger partial charge >= 0.3 is 0 Å². The summed E-state index contributed by atoms with van der Waals surface area (Å²) in [6, 6.07) is 5.04. The molecule has 0 unspecified atom stereocenters. The number of hydrogen-bond acceptors (Lipinski definition) is 4.